The molecule has 0 aliphatic carbocycles. The number of nitrogens with zero attached hydrogens (tertiary/aromatic N) is 6. The van der Waals surface area contributed by atoms with Crippen molar-refractivity contribution in [2.24, 2.45) is 10.2 Å². The molecule has 34 heavy (non-hydrogen) atoms. The lowest BCUT2D eigenvalue weighted by atomic mass is 10.2. The van der Waals surface area contributed by atoms with Gasteiger partial charge in [-0.2, -0.15) is 0 Å². The molecule has 0 fully saturated rings. The highest BCUT2D eigenvalue weighted by Gasteiger charge is 2.56. The van der Waals surface area contributed by atoms with Gasteiger partial charge in [0, 0.05) is 47.9 Å². The first-order valence-electron chi connectivity index (χ1n) is 10.5. The lowest BCUT2D eigenvalue weighted by Gasteiger charge is -2.45. The monoisotopic (exact) mass is 548 g/mol. The molecule has 3 aromatic carbocycles. The summed E-state index contributed by atoms with van der Waals surface area (Å²) in [6.45, 7) is 2.22. The van der Waals surface area contributed by atoms with E-state index in [9.17, 15) is 11.1 Å². The summed E-state index contributed by atoms with van der Waals surface area (Å²) in [4.78, 5) is 6.07. The summed E-state index contributed by atoms with van der Waals surface area (Å²) >= 11 is 5.24. The normalized spacial score (nSPS) is 12.9. The van der Waals surface area contributed by atoms with Gasteiger partial charge in [0.05, 0.1) is 0 Å². The molecule has 1 aromatic heterocycles. The van der Waals surface area contributed by atoms with Crippen molar-refractivity contribution in [3.8, 4) is 5.75 Å². The second-order valence-electron chi connectivity index (χ2n) is 8.10. The molecule has 4 aromatic rings. The van der Waals surface area contributed by atoms with Crippen LogP contribution >= 0.6 is 27.3 Å². The fourth-order valence-corrected chi connectivity index (χ4v) is 10.5. The van der Waals surface area contributed by atoms with E-state index in [-0.39, 0.29) is 13.1 Å². The molecule has 4 rings (SSSR count). The SMILES string of the molecule is CC(CN=[N+]=[N-])(CN=[N+]=[N-])[Si](Oc1ccc2c(Br)csc2c1)(c1ccccc1)c1ccccc1. The molecule has 0 saturated carbocycles. The van der Waals surface area contributed by atoms with E-state index in [4.69, 9.17) is 4.43 Å². The van der Waals surface area contributed by atoms with E-state index in [0.29, 0.717) is 5.75 Å². The first kappa shape index (κ1) is 23.9. The maximum absolute atomic E-state index is 9.20. The molecule has 10 heteroatoms. The van der Waals surface area contributed by atoms with Gasteiger partial charge in [-0.15, -0.1) is 11.3 Å². The predicted octanol–water partition coefficient (Wildman–Crippen LogP) is 7.18. The molecule has 0 bridgehead atoms. The van der Waals surface area contributed by atoms with Crippen LogP contribution in [0.1, 0.15) is 6.92 Å². The van der Waals surface area contributed by atoms with Gasteiger partial charge in [-0.1, -0.05) is 77.8 Å². The van der Waals surface area contributed by atoms with Crippen LogP contribution in [0.3, 0.4) is 0 Å². The zero-order chi connectivity index (χ0) is 24.0. The van der Waals surface area contributed by atoms with Gasteiger partial charge in [-0.05, 0) is 55.6 Å². The van der Waals surface area contributed by atoms with Crippen molar-refractivity contribution < 1.29 is 4.43 Å². The average Bonchev–Trinajstić information content (AvgIpc) is 3.25. The molecular formula is C24H21BrN6OSSi. The Morgan fingerprint density at radius 2 is 1.47 bits per heavy atom. The maximum Gasteiger partial charge on any atom is 0.320 e. The summed E-state index contributed by atoms with van der Waals surface area (Å²) in [7, 11) is -3.23. The number of thiophene rings is 1. The van der Waals surface area contributed by atoms with Gasteiger partial charge in [0.15, 0.2) is 0 Å². The average molecular weight is 550 g/mol. The minimum Gasteiger partial charge on any atom is -0.534 e. The number of hydrogen-bond donors (Lipinski definition) is 0. The number of halogens is 1. The molecule has 0 unspecified atom stereocenters. The number of hydrogen-bond acceptors (Lipinski definition) is 4. The molecule has 170 valence electrons. The van der Waals surface area contributed by atoms with Crippen molar-refractivity contribution in [2.75, 3.05) is 13.1 Å². The molecule has 0 atom stereocenters. The van der Waals surface area contributed by atoms with Crippen LogP contribution in [0.2, 0.25) is 5.04 Å². The highest BCUT2D eigenvalue weighted by Crippen LogP contribution is 2.41. The van der Waals surface area contributed by atoms with Crippen molar-refractivity contribution >= 4 is 56.0 Å². The Morgan fingerprint density at radius 1 is 0.912 bits per heavy atom. The second kappa shape index (κ2) is 10.3. The molecule has 7 nitrogen and oxygen atoms in total. The number of rotatable bonds is 9. The van der Waals surface area contributed by atoms with Crippen molar-refractivity contribution in [3.63, 3.8) is 0 Å². The van der Waals surface area contributed by atoms with Crippen LogP contribution in [0.4, 0.5) is 0 Å². The third kappa shape index (κ3) is 4.42. The van der Waals surface area contributed by atoms with E-state index >= 15 is 0 Å². The molecule has 0 aliphatic heterocycles. The van der Waals surface area contributed by atoms with Crippen LogP contribution in [0.15, 0.2) is 98.9 Å². The van der Waals surface area contributed by atoms with Crippen LogP contribution in [-0.2, 0) is 0 Å². The maximum atomic E-state index is 9.20. The van der Waals surface area contributed by atoms with E-state index in [0.717, 1.165) is 24.9 Å². The number of azide groups is 2. The van der Waals surface area contributed by atoms with Crippen molar-refractivity contribution in [3.05, 3.63) is 110 Å². The van der Waals surface area contributed by atoms with E-state index in [1.807, 2.05) is 85.8 Å². The third-order valence-electron chi connectivity index (χ3n) is 5.95. The van der Waals surface area contributed by atoms with Gasteiger partial charge in [0.2, 0.25) is 0 Å². The van der Waals surface area contributed by atoms with Gasteiger partial charge in [0.1, 0.15) is 5.75 Å². The first-order valence-corrected chi connectivity index (χ1v) is 14.1. The Bertz CT molecular complexity index is 1330. The summed E-state index contributed by atoms with van der Waals surface area (Å²) in [5.74, 6) is 0.717. The predicted molar refractivity (Wildman–Crippen MR) is 144 cm³/mol. The molecule has 0 amide bonds. The lowest BCUT2D eigenvalue weighted by molar-refractivity contribution is 0.478. The molecule has 0 N–H and O–H groups in total. The fraction of sp³-hybridized carbons (Fsp3) is 0.167. The molecule has 0 aliphatic rings. The molecular weight excluding hydrogens is 528 g/mol. The Labute approximate surface area is 210 Å². The number of benzene rings is 3. The minimum absolute atomic E-state index is 0.116. The Kier molecular flexibility index (Phi) is 7.26. The Hall–Kier alpha value is -3.26. The van der Waals surface area contributed by atoms with Gasteiger partial charge in [0.25, 0.3) is 0 Å². The zero-order valence-corrected chi connectivity index (χ0v) is 21.8. The van der Waals surface area contributed by atoms with E-state index in [1.165, 1.54) is 0 Å². The summed E-state index contributed by atoms with van der Waals surface area (Å²) in [6.07, 6.45) is 0. The largest absolute Gasteiger partial charge is 0.534 e. The standard InChI is InChI=1S/C24H21BrN6OSSi/c1-24(16-28-30-26,17-29-31-27)34(19-8-4-2-5-9-19,20-10-6-3-7-11-20)32-18-12-13-21-22(25)15-33-23(21)14-18/h2-15H,16-17H2,1H3. The van der Waals surface area contributed by atoms with E-state index in [2.05, 4.69) is 41.4 Å². The van der Waals surface area contributed by atoms with E-state index < -0.39 is 13.4 Å². The number of fused-ring (bicyclic) bond motifs is 1. The summed E-state index contributed by atoms with van der Waals surface area (Å²) in [6, 6.07) is 26.1. The van der Waals surface area contributed by atoms with Crippen LogP contribution in [0.5, 0.6) is 5.75 Å². The van der Waals surface area contributed by atoms with Crippen molar-refractivity contribution in [1.29, 1.82) is 0 Å². The summed E-state index contributed by atoms with van der Waals surface area (Å²) in [5, 5.41) is 12.3. The van der Waals surface area contributed by atoms with Crippen molar-refractivity contribution in [2.45, 2.75) is 12.0 Å². The van der Waals surface area contributed by atoms with Gasteiger partial charge < -0.3 is 4.43 Å². The Balaban J connectivity index is 2.02. The van der Waals surface area contributed by atoms with Crippen LogP contribution in [0.25, 0.3) is 31.0 Å². The quantitative estimate of drug-likeness (QED) is 0.0937. The Morgan fingerprint density at radius 3 is 2.00 bits per heavy atom. The molecule has 0 radical (unpaired) electrons. The molecule has 1 heterocycles. The smallest absolute Gasteiger partial charge is 0.320 e. The first-order chi connectivity index (χ1) is 16.5. The topological polar surface area (TPSA) is 107 Å². The highest BCUT2D eigenvalue weighted by atomic mass is 79.9. The van der Waals surface area contributed by atoms with Gasteiger partial charge in [-0.3, -0.25) is 0 Å². The van der Waals surface area contributed by atoms with Gasteiger partial charge >= 0.3 is 8.32 Å². The highest BCUT2D eigenvalue weighted by molar-refractivity contribution is 9.10. The fourth-order valence-electron chi connectivity index (χ4n) is 4.31. The molecule has 0 spiro atoms. The lowest BCUT2D eigenvalue weighted by Crippen LogP contribution is -2.71. The minimum atomic E-state index is -3.23. The van der Waals surface area contributed by atoms with Crippen LogP contribution < -0.4 is 14.8 Å². The van der Waals surface area contributed by atoms with Crippen LogP contribution in [0, 0.1) is 0 Å². The summed E-state index contributed by atoms with van der Waals surface area (Å²) in [5.41, 5.74) is 18.4. The molecule has 0 saturated heterocycles. The zero-order valence-electron chi connectivity index (χ0n) is 18.4. The second-order valence-corrected chi connectivity index (χ2v) is 13.8. The van der Waals surface area contributed by atoms with Crippen molar-refractivity contribution in [1.82, 2.24) is 0 Å². The third-order valence-corrected chi connectivity index (χ3v) is 12.7. The van der Waals surface area contributed by atoms with E-state index in [1.54, 1.807) is 11.3 Å². The van der Waals surface area contributed by atoms with Crippen LogP contribution in [-0.4, -0.2) is 21.4 Å². The summed E-state index contributed by atoms with van der Waals surface area (Å²) < 4.78 is 9.26. The van der Waals surface area contributed by atoms with Gasteiger partial charge in [-0.25, -0.2) is 0 Å².